The van der Waals surface area contributed by atoms with Crippen molar-refractivity contribution in [1.29, 1.82) is 0 Å². The van der Waals surface area contributed by atoms with E-state index in [2.05, 4.69) is 8.37 Å². The number of hydrogen-bond donors (Lipinski definition) is 0. The highest BCUT2D eigenvalue weighted by molar-refractivity contribution is 7.82. The standard InChI is InChI=1S/C2HF3O4S/c3-1-2(4,5)9-10(6,7)8-1/h1H. The summed E-state index contributed by atoms with van der Waals surface area (Å²) in [6.45, 7) is 0. The lowest BCUT2D eigenvalue weighted by Gasteiger charge is -2.02. The molecule has 0 aromatic heterocycles. The van der Waals surface area contributed by atoms with Crippen LogP contribution in [-0.4, -0.2) is 20.9 Å². The molecule has 0 bridgehead atoms. The fourth-order valence-electron chi connectivity index (χ4n) is 0.353. The van der Waals surface area contributed by atoms with Crippen LogP contribution in [0.2, 0.25) is 0 Å². The van der Waals surface area contributed by atoms with Gasteiger partial charge in [0.2, 0.25) is 0 Å². The molecule has 4 nitrogen and oxygen atoms in total. The Kier molecular flexibility index (Phi) is 1.42. The Balaban J connectivity index is 2.92. The molecule has 60 valence electrons. The van der Waals surface area contributed by atoms with Crippen LogP contribution in [0.5, 0.6) is 0 Å². The second-order valence-electron chi connectivity index (χ2n) is 1.47. The van der Waals surface area contributed by atoms with Crippen LogP contribution in [0, 0.1) is 0 Å². The van der Waals surface area contributed by atoms with Crippen molar-refractivity contribution in [1.82, 2.24) is 0 Å². The van der Waals surface area contributed by atoms with Crippen LogP contribution in [0.25, 0.3) is 0 Å². The van der Waals surface area contributed by atoms with Gasteiger partial charge in [0, 0.05) is 0 Å². The minimum absolute atomic E-state index is 2.89. The smallest absolute Gasteiger partial charge is 0.205 e. The van der Waals surface area contributed by atoms with Crippen molar-refractivity contribution in [2.75, 3.05) is 0 Å². The van der Waals surface area contributed by atoms with Crippen molar-refractivity contribution in [3.63, 3.8) is 0 Å². The van der Waals surface area contributed by atoms with Gasteiger partial charge in [-0.15, -0.1) is 0 Å². The number of hydrogen-bond acceptors (Lipinski definition) is 4. The summed E-state index contributed by atoms with van der Waals surface area (Å²) in [5, 5.41) is 0. The second kappa shape index (κ2) is 1.83. The van der Waals surface area contributed by atoms with E-state index in [-0.39, 0.29) is 0 Å². The third kappa shape index (κ3) is 1.22. The van der Waals surface area contributed by atoms with Crippen LogP contribution in [0.3, 0.4) is 0 Å². The molecule has 0 aliphatic carbocycles. The summed E-state index contributed by atoms with van der Waals surface area (Å²) in [4.78, 5) is 0. The van der Waals surface area contributed by atoms with Crippen LogP contribution in [0.4, 0.5) is 13.2 Å². The molecule has 1 unspecified atom stereocenters. The zero-order valence-corrected chi connectivity index (χ0v) is 5.07. The van der Waals surface area contributed by atoms with Gasteiger partial charge in [0.25, 0.3) is 0 Å². The largest absolute Gasteiger partial charge is 0.428 e. The third-order valence-corrected chi connectivity index (χ3v) is 1.51. The first-order chi connectivity index (χ1) is 4.33. The van der Waals surface area contributed by atoms with E-state index in [0.29, 0.717) is 0 Å². The van der Waals surface area contributed by atoms with Gasteiger partial charge in [0.1, 0.15) is 0 Å². The molecule has 1 atom stereocenters. The maximum atomic E-state index is 11.7. The van der Waals surface area contributed by atoms with Gasteiger partial charge in [-0.2, -0.15) is 21.4 Å². The summed E-state index contributed by atoms with van der Waals surface area (Å²) in [6, 6.07) is 0. The fraction of sp³-hybridized carbons (Fsp3) is 1.00. The number of alkyl halides is 3. The van der Waals surface area contributed by atoms with Gasteiger partial charge in [0.05, 0.1) is 0 Å². The molecule has 1 aliphatic rings. The minimum Gasteiger partial charge on any atom is -0.205 e. The minimum atomic E-state index is -4.83. The average Bonchev–Trinajstić information content (AvgIpc) is 1.73. The van der Waals surface area contributed by atoms with E-state index in [4.69, 9.17) is 0 Å². The third-order valence-electron chi connectivity index (χ3n) is 0.680. The summed E-state index contributed by atoms with van der Waals surface area (Å²) in [7, 11) is -4.83. The van der Waals surface area contributed by atoms with Crippen molar-refractivity contribution >= 4 is 10.4 Å². The number of rotatable bonds is 0. The predicted octanol–water partition coefficient (Wildman–Crippen LogP) is 0.166. The Hall–Kier alpha value is -0.340. The molecular formula is C2HF3O4S. The first-order valence-corrected chi connectivity index (χ1v) is 3.32. The predicted molar refractivity (Wildman–Crippen MR) is 20.9 cm³/mol. The molecule has 0 radical (unpaired) electrons. The van der Waals surface area contributed by atoms with Crippen LogP contribution in [0.1, 0.15) is 0 Å². The molecule has 1 saturated heterocycles. The lowest BCUT2D eigenvalue weighted by atomic mass is 10.6. The molecule has 10 heavy (non-hydrogen) atoms. The summed E-state index contributed by atoms with van der Waals surface area (Å²) >= 11 is 0. The molecule has 0 aromatic carbocycles. The van der Waals surface area contributed by atoms with E-state index in [1.54, 1.807) is 0 Å². The van der Waals surface area contributed by atoms with Gasteiger partial charge in [-0.3, -0.25) is 0 Å². The zero-order chi connectivity index (χ0) is 7.99. The van der Waals surface area contributed by atoms with Gasteiger partial charge in [0.15, 0.2) is 0 Å². The fourth-order valence-corrected chi connectivity index (χ4v) is 1.06. The van der Waals surface area contributed by atoms with Gasteiger partial charge in [-0.25, -0.2) is 8.57 Å². The van der Waals surface area contributed by atoms with E-state index in [0.717, 1.165) is 0 Å². The monoisotopic (exact) mass is 178 g/mol. The van der Waals surface area contributed by atoms with Gasteiger partial charge in [-0.05, 0) is 0 Å². The molecular weight excluding hydrogens is 177 g/mol. The van der Waals surface area contributed by atoms with E-state index in [1.165, 1.54) is 0 Å². The summed E-state index contributed by atoms with van der Waals surface area (Å²) in [6.07, 6.45) is -7.63. The molecule has 0 aromatic rings. The first-order valence-electron chi connectivity index (χ1n) is 1.99. The molecule has 0 amide bonds. The molecule has 0 N–H and O–H groups in total. The quantitative estimate of drug-likeness (QED) is 0.530. The molecule has 8 heteroatoms. The van der Waals surface area contributed by atoms with E-state index >= 15 is 0 Å². The Morgan fingerprint density at radius 1 is 1.40 bits per heavy atom. The van der Waals surface area contributed by atoms with Crippen LogP contribution >= 0.6 is 0 Å². The van der Waals surface area contributed by atoms with Gasteiger partial charge in [-0.1, -0.05) is 0 Å². The molecule has 1 heterocycles. The summed E-state index contributed by atoms with van der Waals surface area (Å²) in [5.74, 6) is 0. The highest BCUT2D eigenvalue weighted by Crippen LogP contribution is 2.34. The lowest BCUT2D eigenvalue weighted by Crippen LogP contribution is -2.25. The molecule has 1 fully saturated rings. The molecule has 0 spiro atoms. The molecule has 1 aliphatic heterocycles. The van der Waals surface area contributed by atoms with Crippen LogP contribution < -0.4 is 0 Å². The highest BCUT2D eigenvalue weighted by atomic mass is 32.3. The Morgan fingerprint density at radius 2 is 1.90 bits per heavy atom. The van der Waals surface area contributed by atoms with Crippen molar-refractivity contribution in [3.05, 3.63) is 0 Å². The zero-order valence-electron chi connectivity index (χ0n) is 4.25. The summed E-state index contributed by atoms with van der Waals surface area (Å²) in [5.41, 5.74) is 0. The molecule has 0 saturated carbocycles. The Bertz CT molecular complexity index is 233. The highest BCUT2D eigenvalue weighted by Gasteiger charge is 2.56. The van der Waals surface area contributed by atoms with E-state index in [9.17, 15) is 21.6 Å². The topological polar surface area (TPSA) is 52.6 Å². The maximum absolute atomic E-state index is 11.7. The van der Waals surface area contributed by atoms with Crippen molar-refractivity contribution in [2.24, 2.45) is 0 Å². The van der Waals surface area contributed by atoms with Crippen molar-refractivity contribution in [2.45, 2.75) is 12.5 Å². The van der Waals surface area contributed by atoms with E-state index in [1.807, 2.05) is 0 Å². The van der Waals surface area contributed by atoms with Gasteiger partial charge >= 0.3 is 22.9 Å². The number of halogens is 3. The average molecular weight is 178 g/mol. The van der Waals surface area contributed by atoms with Crippen molar-refractivity contribution < 1.29 is 30.0 Å². The van der Waals surface area contributed by atoms with Crippen LogP contribution in [-0.2, 0) is 18.8 Å². The SMILES string of the molecule is O=S1(=O)OC(F)C(F)(F)O1. The van der Waals surface area contributed by atoms with Crippen LogP contribution in [0.15, 0.2) is 0 Å². The summed E-state index contributed by atoms with van der Waals surface area (Å²) < 4.78 is 61.0. The Morgan fingerprint density at radius 3 is 2.00 bits per heavy atom. The normalized spacial score (nSPS) is 36.1. The Labute approximate surface area is 53.9 Å². The molecule has 1 rings (SSSR count). The van der Waals surface area contributed by atoms with E-state index < -0.39 is 22.9 Å². The maximum Gasteiger partial charge on any atom is 0.428 e. The lowest BCUT2D eigenvalue weighted by molar-refractivity contribution is -0.227. The van der Waals surface area contributed by atoms with Gasteiger partial charge < -0.3 is 0 Å². The second-order valence-corrected chi connectivity index (χ2v) is 2.64. The first kappa shape index (κ1) is 7.76. The van der Waals surface area contributed by atoms with Crippen molar-refractivity contribution in [3.8, 4) is 0 Å².